The normalized spacial score (nSPS) is 10.6. The van der Waals surface area contributed by atoms with Crippen molar-refractivity contribution in [1.29, 1.82) is 0 Å². The summed E-state index contributed by atoms with van der Waals surface area (Å²) in [5.41, 5.74) is 1.63. The molecular formula is C13H10N4O2S. The zero-order chi connectivity index (χ0) is 13.9. The van der Waals surface area contributed by atoms with Crippen molar-refractivity contribution < 1.29 is 9.90 Å². The second-order valence-corrected chi connectivity index (χ2v) is 4.97. The molecule has 3 rings (SSSR count). The Kier molecular flexibility index (Phi) is 3.26. The van der Waals surface area contributed by atoms with Crippen molar-refractivity contribution in [3.63, 3.8) is 0 Å². The van der Waals surface area contributed by atoms with Gasteiger partial charge < -0.3 is 10.4 Å². The molecule has 2 N–H and O–H groups in total. The minimum atomic E-state index is -1.05. The standard InChI is InChI=1S/C13H10N4O2S/c18-12(19)10-11-9(3-5-20-11)16-13(17-10)15-7-8-2-1-4-14-6-8/h1-6H,7H2,(H,18,19)(H,15,16,17). The minimum absolute atomic E-state index is 0.0266. The Morgan fingerprint density at radius 3 is 3.00 bits per heavy atom. The lowest BCUT2D eigenvalue weighted by Crippen LogP contribution is -2.08. The van der Waals surface area contributed by atoms with Crippen LogP contribution in [0.4, 0.5) is 5.95 Å². The van der Waals surface area contributed by atoms with Crippen LogP contribution in [0.3, 0.4) is 0 Å². The zero-order valence-electron chi connectivity index (χ0n) is 10.3. The van der Waals surface area contributed by atoms with Gasteiger partial charge in [-0.3, -0.25) is 4.98 Å². The molecule has 0 saturated heterocycles. The van der Waals surface area contributed by atoms with Crippen molar-refractivity contribution in [2.45, 2.75) is 6.54 Å². The minimum Gasteiger partial charge on any atom is -0.476 e. The third-order valence-corrected chi connectivity index (χ3v) is 3.59. The van der Waals surface area contributed by atoms with E-state index in [1.165, 1.54) is 11.3 Å². The summed E-state index contributed by atoms with van der Waals surface area (Å²) in [6.07, 6.45) is 3.42. The van der Waals surface area contributed by atoms with Crippen LogP contribution in [-0.4, -0.2) is 26.0 Å². The van der Waals surface area contributed by atoms with Crippen LogP contribution in [0.25, 0.3) is 10.2 Å². The van der Waals surface area contributed by atoms with Crippen LogP contribution >= 0.6 is 11.3 Å². The van der Waals surface area contributed by atoms with Gasteiger partial charge in [0.25, 0.3) is 0 Å². The highest BCUT2D eigenvalue weighted by Crippen LogP contribution is 2.23. The lowest BCUT2D eigenvalue weighted by molar-refractivity contribution is 0.0693. The molecule has 0 radical (unpaired) electrons. The average molecular weight is 286 g/mol. The van der Waals surface area contributed by atoms with E-state index in [1.807, 2.05) is 12.1 Å². The molecule has 0 aliphatic carbocycles. The van der Waals surface area contributed by atoms with E-state index in [0.29, 0.717) is 22.7 Å². The van der Waals surface area contributed by atoms with E-state index in [1.54, 1.807) is 23.8 Å². The summed E-state index contributed by atoms with van der Waals surface area (Å²) < 4.78 is 0.587. The van der Waals surface area contributed by atoms with Gasteiger partial charge in [-0.25, -0.2) is 14.8 Å². The first-order valence-corrected chi connectivity index (χ1v) is 6.73. The number of nitrogens with zero attached hydrogens (tertiary/aromatic N) is 3. The first-order chi connectivity index (χ1) is 9.74. The number of fused-ring (bicyclic) bond motifs is 1. The maximum absolute atomic E-state index is 11.2. The van der Waals surface area contributed by atoms with E-state index in [9.17, 15) is 9.90 Å². The number of rotatable bonds is 4. The fourth-order valence-corrected chi connectivity index (χ4v) is 2.58. The topological polar surface area (TPSA) is 88.0 Å². The number of anilines is 1. The van der Waals surface area contributed by atoms with Crippen LogP contribution in [0, 0.1) is 0 Å². The molecule has 100 valence electrons. The number of aromatic carboxylic acids is 1. The van der Waals surface area contributed by atoms with E-state index >= 15 is 0 Å². The van der Waals surface area contributed by atoms with Crippen molar-refractivity contribution in [2.75, 3.05) is 5.32 Å². The van der Waals surface area contributed by atoms with Gasteiger partial charge in [0.15, 0.2) is 5.69 Å². The first kappa shape index (κ1) is 12.5. The molecule has 0 bridgehead atoms. The van der Waals surface area contributed by atoms with Crippen molar-refractivity contribution in [1.82, 2.24) is 15.0 Å². The molecule has 0 aliphatic heterocycles. The van der Waals surface area contributed by atoms with Crippen LogP contribution in [-0.2, 0) is 6.54 Å². The van der Waals surface area contributed by atoms with Crippen molar-refractivity contribution in [2.24, 2.45) is 0 Å². The number of aromatic nitrogens is 3. The Labute approximate surface area is 118 Å². The molecular weight excluding hydrogens is 276 g/mol. The highest BCUT2D eigenvalue weighted by atomic mass is 32.1. The monoisotopic (exact) mass is 286 g/mol. The van der Waals surface area contributed by atoms with Gasteiger partial charge >= 0.3 is 5.97 Å². The van der Waals surface area contributed by atoms with Crippen LogP contribution < -0.4 is 5.32 Å². The summed E-state index contributed by atoms with van der Waals surface area (Å²) >= 11 is 1.32. The van der Waals surface area contributed by atoms with Gasteiger partial charge in [-0.1, -0.05) is 6.07 Å². The van der Waals surface area contributed by atoms with E-state index in [4.69, 9.17) is 0 Å². The summed E-state index contributed by atoms with van der Waals surface area (Å²) in [5, 5.41) is 14.0. The largest absolute Gasteiger partial charge is 0.476 e. The van der Waals surface area contributed by atoms with Gasteiger partial charge in [-0.15, -0.1) is 11.3 Å². The molecule has 0 amide bonds. The molecule has 0 aromatic carbocycles. The Hall–Kier alpha value is -2.54. The SMILES string of the molecule is O=C(O)c1nc(NCc2cccnc2)nc2ccsc12. The molecule has 7 heteroatoms. The lowest BCUT2D eigenvalue weighted by atomic mass is 10.3. The van der Waals surface area contributed by atoms with Gasteiger partial charge in [0.2, 0.25) is 5.95 Å². The maximum Gasteiger partial charge on any atom is 0.356 e. The molecule has 3 heterocycles. The molecule has 0 atom stereocenters. The number of pyridine rings is 1. The molecule has 0 fully saturated rings. The number of carboxylic acids is 1. The molecule has 0 unspecified atom stereocenters. The Morgan fingerprint density at radius 2 is 2.25 bits per heavy atom. The molecule has 0 saturated carbocycles. The quantitative estimate of drug-likeness (QED) is 0.765. The predicted octanol–water partition coefficient (Wildman–Crippen LogP) is 2.40. The van der Waals surface area contributed by atoms with Gasteiger partial charge in [0.1, 0.15) is 0 Å². The van der Waals surface area contributed by atoms with Gasteiger partial charge in [0, 0.05) is 18.9 Å². The molecule has 3 aromatic rings. The van der Waals surface area contributed by atoms with Crippen LogP contribution in [0.15, 0.2) is 36.0 Å². The Balaban J connectivity index is 1.90. The fraction of sp³-hybridized carbons (Fsp3) is 0.0769. The van der Waals surface area contributed by atoms with Crippen molar-refractivity contribution in [3.05, 3.63) is 47.2 Å². The van der Waals surface area contributed by atoms with E-state index in [2.05, 4.69) is 20.3 Å². The number of carboxylic acid groups (broad SMARTS) is 1. The van der Waals surface area contributed by atoms with Crippen LogP contribution in [0.1, 0.15) is 16.1 Å². The molecule has 6 nitrogen and oxygen atoms in total. The van der Waals surface area contributed by atoms with Crippen molar-refractivity contribution >= 4 is 33.5 Å². The number of hydrogen-bond acceptors (Lipinski definition) is 6. The van der Waals surface area contributed by atoms with E-state index in [-0.39, 0.29) is 5.69 Å². The highest BCUT2D eigenvalue weighted by molar-refractivity contribution is 7.17. The summed E-state index contributed by atoms with van der Waals surface area (Å²) in [6, 6.07) is 5.53. The molecule has 0 aliphatic rings. The third kappa shape index (κ3) is 2.43. The second kappa shape index (κ2) is 5.22. The van der Waals surface area contributed by atoms with Gasteiger partial charge in [-0.05, 0) is 23.1 Å². The number of thiophene rings is 1. The van der Waals surface area contributed by atoms with Crippen LogP contribution in [0.5, 0.6) is 0 Å². The number of carbonyl (C=O) groups is 1. The predicted molar refractivity (Wildman–Crippen MR) is 75.9 cm³/mol. The average Bonchev–Trinajstić information content (AvgIpc) is 2.93. The number of hydrogen-bond donors (Lipinski definition) is 2. The smallest absolute Gasteiger partial charge is 0.356 e. The summed E-state index contributed by atoms with van der Waals surface area (Å²) in [6.45, 7) is 0.489. The highest BCUT2D eigenvalue weighted by Gasteiger charge is 2.14. The third-order valence-electron chi connectivity index (χ3n) is 2.68. The number of nitrogens with one attached hydrogen (secondary N) is 1. The van der Waals surface area contributed by atoms with Crippen LogP contribution in [0.2, 0.25) is 0 Å². The van der Waals surface area contributed by atoms with Crippen molar-refractivity contribution in [3.8, 4) is 0 Å². The van der Waals surface area contributed by atoms with Gasteiger partial charge in [-0.2, -0.15) is 0 Å². The lowest BCUT2D eigenvalue weighted by Gasteiger charge is -2.06. The maximum atomic E-state index is 11.2. The summed E-state index contributed by atoms with van der Waals surface area (Å²) in [5.74, 6) is -0.749. The molecule has 20 heavy (non-hydrogen) atoms. The van der Waals surface area contributed by atoms with Gasteiger partial charge in [0.05, 0.1) is 10.2 Å². The summed E-state index contributed by atoms with van der Waals surface area (Å²) in [7, 11) is 0. The van der Waals surface area contributed by atoms with E-state index in [0.717, 1.165) is 5.56 Å². The Morgan fingerprint density at radius 1 is 1.35 bits per heavy atom. The summed E-state index contributed by atoms with van der Waals surface area (Å²) in [4.78, 5) is 23.6. The zero-order valence-corrected chi connectivity index (χ0v) is 11.1. The molecule has 0 spiro atoms. The molecule has 3 aromatic heterocycles. The second-order valence-electron chi connectivity index (χ2n) is 4.05. The fourth-order valence-electron chi connectivity index (χ4n) is 1.77. The van der Waals surface area contributed by atoms with E-state index < -0.39 is 5.97 Å². The Bertz CT molecular complexity index is 757. The first-order valence-electron chi connectivity index (χ1n) is 5.85.